The highest BCUT2D eigenvalue weighted by Gasteiger charge is 2.40. The summed E-state index contributed by atoms with van der Waals surface area (Å²) in [6.45, 7) is 1.47. The van der Waals surface area contributed by atoms with Gasteiger partial charge in [0.2, 0.25) is 11.8 Å². The Morgan fingerprint density at radius 1 is 1.00 bits per heavy atom. The van der Waals surface area contributed by atoms with E-state index in [1.807, 2.05) is 21.9 Å². The van der Waals surface area contributed by atoms with Crippen molar-refractivity contribution in [3.8, 4) is 0 Å². The maximum absolute atomic E-state index is 13.2. The van der Waals surface area contributed by atoms with Crippen LogP contribution in [0.3, 0.4) is 0 Å². The van der Waals surface area contributed by atoms with Crippen LogP contribution in [-0.4, -0.2) is 35.8 Å². The summed E-state index contributed by atoms with van der Waals surface area (Å²) in [7, 11) is 0. The average molecular weight is 391 g/mol. The lowest BCUT2D eigenvalue weighted by Crippen LogP contribution is -2.48. The van der Waals surface area contributed by atoms with Crippen molar-refractivity contribution in [3.63, 3.8) is 0 Å². The molecule has 1 unspecified atom stereocenters. The van der Waals surface area contributed by atoms with Crippen molar-refractivity contribution in [2.75, 3.05) is 18.0 Å². The molecule has 24 heavy (non-hydrogen) atoms. The van der Waals surface area contributed by atoms with Crippen molar-refractivity contribution in [2.45, 2.75) is 51.0 Å². The van der Waals surface area contributed by atoms with Crippen LogP contribution in [0.15, 0.2) is 22.7 Å². The van der Waals surface area contributed by atoms with Gasteiger partial charge < -0.3 is 9.80 Å². The Kier molecular flexibility index (Phi) is 4.37. The second-order valence-electron chi connectivity index (χ2n) is 7.18. The lowest BCUT2D eigenvalue weighted by molar-refractivity contribution is -0.140. The van der Waals surface area contributed by atoms with E-state index in [0.29, 0.717) is 0 Å². The van der Waals surface area contributed by atoms with Gasteiger partial charge in [0.25, 0.3) is 0 Å². The summed E-state index contributed by atoms with van der Waals surface area (Å²) in [5.74, 6) is 0.478. The highest BCUT2D eigenvalue weighted by Crippen LogP contribution is 2.34. The fraction of sp³-hybridized carbons (Fsp3) is 0.579. The summed E-state index contributed by atoms with van der Waals surface area (Å²) in [6, 6.07) is 5.88. The van der Waals surface area contributed by atoms with Crippen molar-refractivity contribution < 1.29 is 9.59 Å². The van der Waals surface area contributed by atoms with E-state index in [2.05, 4.69) is 22.0 Å². The first-order valence-electron chi connectivity index (χ1n) is 9.05. The number of hydrogen-bond donors (Lipinski definition) is 0. The van der Waals surface area contributed by atoms with Crippen molar-refractivity contribution in [2.24, 2.45) is 5.92 Å². The van der Waals surface area contributed by atoms with Gasteiger partial charge in [0.15, 0.2) is 0 Å². The molecule has 2 heterocycles. The first kappa shape index (κ1) is 16.1. The smallest absolute Gasteiger partial charge is 0.249 e. The Balaban J connectivity index is 1.54. The number of hydrogen-bond acceptors (Lipinski definition) is 2. The minimum absolute atomic E-state index is 0.107. The zero-order chi connectivity index (χ0) is 16.7. The van der Waals surface area contributed by atoms with Gasteiger partial charge in [-0.3, -0.25) is 9.59 Å². The third kappa shape index (κ3) is 2.77. The van der Waals surface area contributed by atoms with E-state index in [9.17, 15) is 9.59 Å². The summed E-state index contributed by atoms with van der Waals surface area (Å²) in [5, 5.41) is 0. The molecule has 4 nitrogen and oxygen atoms in total. The Labute approximate surface area is 151 Å². The van der Waals surface area contributed by atoms with Crippen molar-refractivity contribution >= 4 is 33.4 Å². The second kappa shape index (κ2) is 6.51. The van der Waals surface area contributed by atoms with Crippen LogP contribution in [0.5, 0.6) is 0 Å². The molecule has 1 aromatic carbocycles. The van der Waals surface area contributed by atoms with Gasteiger partial charge in [0.05, 0.1) is 0 Å². The number of amides is 2. The molecule has 0 spiro atoms. The van der Waals surface area contributed by atoms with Crippen LogP contribution in [0.4, 0.5) is 5.69 Å². The molecule has 1 aliphatic carbocycles. The zero-order valence-corrected chi connectivity index (χ0v) is 15.4. The van der Waals surface area contributed by atoms with Gasteiger partial charge >= 0.3 is 0 Å². The molecule has 1 aromatic rings. The molecule has 0 aromatic heterocycles. The predicted molar refractivity (Wildman–Crippen MR) is 96.9 cm³/mol. The molecule has 2 amide bonds. The van der Waals surface area contributed by atoms with Gasteiger partial charge in [0, 0.05) is 29.2 Å². The number of nitrogens with zero attached hydrogens (tertiary/aromatic N) is 2. The molecular weight excluding hydrogens is 368 g/mol. The highest BCUT2D eigenvalue weighted by atomic mass is 79.9. The molecule has 3 aliphatic rings. The molecule has 5 heteroatoms. The normalized spacial score (nSPS) is 23.8. The zero-order valence-electron chi connectivity index (χ0n) is 13.8. The van der Waals surface area contributed by atoms with Crippen LogP contribution in [0.25, 0.3) is 0 Å². The standard InChI is InChI=1S/C19H23BrN2O2/c20-15-8-7-13-9-11-22(17(13)12-15)19(24)16-6-3-10-21(16)18(23)14-4-1-2-5-14/h7-8,12,14,16H,1-6,9-11H2. The number of fused-ring (bicyclic) bond motifs is 1. The van der Waals surface area contributed by atoms with Gasteiger partial charge in [-0.05, 0) is 49.8 Å². The van der Waals surface area contributed by atoms with Gasteiger partial charge in [-0.1, -0.05) is 34.8 Å². The van der Waals surface area contributed by atoms with Crippen LogP contribution < -0.4 is 4.90 Å². The number of rotatable bonds is 2. The number of anilines is 1. The van der Waals surface area contributed by atoms with Crippen LogP contribution in [0.2, 0.25) is 0 Å². The first-order chi connectivity index (χ1) is 11.6. The summed E-state index contributed by atoms with van der Waals surface area (Å²) in [4.78, 5) is 29.8. The van der Waals surface area contributed by atoms with Crippen molar-refractivity contribution in [3.05, 3.63) is 28.2 Å². The maximum Gasteiger partial charge on any atom is 0.249 e. The maximum atomic E-state index is 13.2. The van der Waals surface area contributed by atoms with Crippen LogP contribution in [-0.2, 0) is 16.0 Å². The van der Waals surface area contributed by atoms with Crippen LogP contribution in [0.1, 0.15) is 44.1 Å². The van der Waals surface area contributed by atoms with Crippen molar-refractivity contribution in [1.29, 1.82) is 0 Å². The molecular formula is C19H23BrN2O2. The number of benzene rings is 1. The van der Waals surface area contributed by atoms with Crippen LogP contribution >= 0.6 is 15.9 Å². The topological polar surface area (TPSA) is 40.6 Å². The van der Waals surface area contributed by atoms with Crippen molar-refractivity contribution in [1.82, 2.24) is 4.90 Å². The second-order valence-corrected chi connectivity index (χ2v) is 8.10. The lowest BCUT2D eigenvalue weighted by atomic mass is 10.1. The lowest BCUT2D eigenvalue weighted by Gasteiger charge is -2.30. The number of halogens is 1. The van der Waals surface area contributed by atoms with E-state index < -0.39 is 0 Å². The first-order valence-corrected chi connectivity index (χ1v) is 9.85. The Hall–Kier alpha value is -1.36. The molecule has 1 saturated heterocycles. The Morgan fingerprint density at radius 3 is 2.58 bits per heavy atom. The monoisotopic (exact) mass is 390 g/mol. The third-order valence-electron chi connectivity index (χ3n) is 5.73. The number of carbonyl (C=O) groups is 2. The minimum atomic E-state index is -0.261. The van der Waals surface area contributed by atoms with Crippen LogP contribution in [0, 0.1) is 5.92 Å². The highest BCUT2D eigenvalue weighted by molar-refractivity contribution is 9.10. The predicted octanol–water partition coefficient (Wildman–Crippen LogP) is 3.52. The largest absolute Gasteiger partial charge is 0.330 e. The van der Waals surface area contributed by atoms with E-state index in [-0.39, 0.29) is 23.8 Å². The quantitative estimate of drug-likeness (QED) is 0.774. The Morgan fingerprint density at radius 2 is 1.79 bits per heavy atom. The van der Waals surface area contributed by atoms with E-state index in [4.69, 9.17) is 0 Å². The van der Waals surface area contributed by atoms with E-state index >= 15 is 0 Å². The van der Waals surface area contributed by atoms with Gasteiger partial charge in [-0.2, -0.15) is 0 Å². The molecule has 0 bridgehead atoms. The summed E-state index contributed by atoms with van der Waals surface area (Å²) < 4.78 is 0.992. The van der Waals surface area contributed by atoms with Gasteiger partial charge in [-0.15, -0.1) is 0 Å². The Bertz CT molecular complexity index is 669. The van der Waals surface area contributed by atoms with Gasteiger partial charge in [0.1, 0.15) is 6.04 Å². The fourth-order valence-electron chi connectivity index (χ4n) is 4.46. The minimum Gasteiger partial charge on any atom is -0.330 e. The summed E-state index contributed by atoms with van der Waals surface area (Å²) >= 11 is 3.50. The molecule has 0 N–H and O–H groups in total. The third-order valence-corrected chi connectivity index (χ3v) is 6.23. The molecule has 1 saturated carbocycles. The van der Waals surface area contributed by atoms with E-state index in [1.54, 1.807) is 0 Å². The summed E-state index contributed by atoms with van der Waals surface area (Å²) in [6.07, 6.45) is 6.93. The molecule has 0 radical (unpaired) electrons. The molecule has 4 rings (SSSR count). The number of carbonyl (C=O) groups excluding carboxylic acids is 2. The molecule has 2 fully saturated rings. The molecule has 1 atom stereocenters. The molecule has 2 aliphatic heterocycles. The fourth-order valence-corrected chi connectivity index (χ4v) is 4.80. The summed E-state index contributed by atoms with van der Waals surface area (Å²) in [5.41, 5.74) is 2.23. The SMILES string of the molecule is O=C(C1CCCN1C(=O)C1CCCC1)N1CCc2ccc(Br)cc21. The van der Waals surface area contributed by atoms with E-state index in [1.165, 1.54) is 5.56 Å². The van der Waals surface area contributed by atoms with Gasteiger partial charge in [-0.25, -0.2) is 0 Å². The molecule has 128 valence electrons. The van der Waals surface area contributed by atoms with E-state index in [0.717, 1.165) is 68.2 Å². The number of likely N-dealkylation sites (tertiary alicyclic amines) is 1. The average Bonchev–Trinajstić information content (AvgIpc) is 3.32.